The van der Waals surface area contributed by atoms with Crippen molar-refractivity contribution >= 4 is 43.5 Å². The summed E-state index contributed by atoms with van der Waals surface area (Å²) < 4.78 is 87.1. The van der Waals surface area contributed by atoms with Gasteiger partial charge in [0.2, 0.25) is 31.7 Å². The second kappa shape index (κ2) is 19.6. The highest BCUT2D eigenvalue weighted by atomic mass is 32.2. The van der Waals surface area contributed by atoms with Crippen molar-refractivity contribution in [3.63, 3.8) is 0 Å². The highest BCUT2D eigenvalue weighted by Crippen LogP contribution is 2.42. The van der Waals surface area contributed by atoms with E-state index in [4.69, 9.17) is 18.9 Å². The first-order valence-electron chi connectivity index (χ1n) is 21.1. The van der Waals surface area contributed by atoms with Gasteiger partial charge in [-0.15, -0.1) is 10.2 Å². The predicted octanol–water partition coefficient (Wildman–Crippen LogP) is 4.79. The molecule has 2 saturated heterocycles. The number of ether oxygens (including phenoxy) is 4. The molecule has 0 saturated carbocycles. The van der Waals surface area contributed by atoms with Gasteiger partial charge in [-0.1, -0.05) is 36.4 Å². The topological polar surface area (TPSA) is 222 Å². The molecule has 0 radical (unpaired) electrons. The number of sulfonamides is 2. The number of benzene rings is 4. The van der Waals surface area contributed by atoms with Crippen molar-refractivity contribution in [3.05, 3.63) is 102 Å². The lowest BCUT2D eigenvalue weighted by Crippen LogP contribution is -2.43. The number of hydrogen-bond donors (Lipinski definition) is 1. The first-order chi connectivity index (χ1) is 31.4. The maximum Gasteiger partial charge on any atom is 0.410 e. The number of methoxy groups -OCH3 is 3. The zero-order valence-electron chi connectivity index (χ0n) is 37.5. The lowest BCUT2D eigenvalue weighted by atomic mass is 10.1. The van der Waals surface area contributed by atoms with Crippen molar-refractivity contribution in [3.8, 4) is 28.6 Å². The van der Waals surface area contributed by atoms with Crippen LogP contribution in [0.4, 0.5) is 10.5 Å². The summed E-state index contributed by atoms with van der Waals surface area (Å²) in [5.41, 5.74) is 0.513. The van der Waals surface area contributed by atoms with Gasteiger partial charge in [0.15, 0.2) is 0 Å². The first kappa shape index (κ1) is 47.5. The fourth-order valence-electron chi connectivity index (χ4n) is 7.61. The number of rotatable bonds is 16. The van der Waals surface area contributed by atoms with E-state index in [1.807, 2.05) is 0 Å². The summed E-state index contributed by atoms with van der Waals surface area (Å²) in [6.07, 6.45) is -0.210. The van der Waals surface area contributed by atoms with Crippen LogP contribution in [0.2, 0.25) is 0 Å². The van der Waals surface area contributed by atoms with E-state index in [0.29, 0.717) is 28.4 Å². The first-order valence-corrected chi connectivity index (χ1v) is 24.0. The predicted molar refractivity (Wildman–Crippen MR) is 241 cm³/mol. The quantitative estimate of drug-likeness (QED) is 0.132. The van der Waals surface area contributed by atoms with Crippen LogP contribution in [0.15, 0.2) is 94.7 Å². The highest BCUT2D eigenvalue weighted by Gasteiger charge is 2.42. The van der Waals surface area contributed by atoms with Crippen LogP contribution in [0, 0.1) is 0 Å². The third kappa shape index (κ3) is 10.8. The Kier molecular flexibility index (Phi) is 14.1. The van der Waals surface area contributed by atoms with Gasteiger partial charge in [-0.25, -0.2) is 26.4 Å². The Bertz CT molecular complexity index is 2750. The van der Waals surface area contributed by atoms with E-state index >= 15 is 8.42 Å². The van der Waals surface area contributed by atoms with Crippen LogP contribution in [0.25, 0.3) is 11.4 Å². The molecule has 5 aromatic rings. The van der Waals surface area contributed by atoms with Crippen molar-refractivity contribution in [2.45, 2.75) is 81.1 Å². The van der Waals surface area contributed by atoms with Crippen molar-refractivity contribution in [2.24, 2.45) is 0 Å². The van der Waals surface area contributed by atoms with Crippen LogP contribution in [-0.4, -0.2) is 117 Å². The van der Waals surface area contributed by atoms with Gasteiger partial charge < -0.3 is 28.7 Å². The Morgan fingerprint density at radius 2 is 1.35 bits per heavy atom. The molecule has 1 aromatic heterocycles. The normalized spacial score (nSPS) is 15.9. The van der Waals surface area contributed by atoms with E-state index in [2.05, 4.69) is 20.1 Å². The van der Waals surface area contributed by atoms with E-state index < -0.39 is 59.3 Å². The molecule has 7 rings (SSSR count). The summed E-state index contributed by atoms with van der Waals surface area (Å²) in [6, 6.07) is 22.0. The number of anilines is 1. The summed E-state index contributed by atoms with van der Waals surface area (Å²) in [7, 11) is -5.32. The molecule has 2 amide bonds. The number of nitrogens with one attached hydrogen (secondary N) is 1. The minimum Gasteiger partial charge on any atom is -0.497 e. The minimum atomic E-state index is -5.04. The number of tetrazole rings is 1. The number of carbonyl (C=O) groups excluding carboxylic acids is 3. The van der Waals surface area contributed by atoms with Gasteiger partial charge in [0.25, 0.3) is 5.91 Å². The molecule has 0 spiro atoms. The number of aromatic nitrogens is 4. The summed E-state index contributed by atoms with van der Waals surface area (Å²) >= 11 is 0. The Hall–Kier alpha value is -6.42. The molecule has 0 aliphatic carbocycles. The second-order valence-corrected chi connectivity index (χ2v) is 20.3. The van der Waals surface area contributed by atoms with E-state index in [1.165, 1.54) is 37.1 Å². The molecule has 19 nitrogen and oxygen atoms in total. The maximum atomic E-state index is 15.9. The fraction of sp³-hybridized carbons (Fsp3) is 0.378. The van der Waals surface area contributed by atoms with Gasteiger partial charge in [-0.3, -0.25) is 9.59 Å². The lowest BCUT2D eigenvalue weighted by molar-refractivity contribution is -0.137. The molecular formula is C45H52N8O11S2. The smallest absolute Gasteiger partial charge is 0.410 e. The Morgan fingerprint density at radius 1 is 0.788 bits per heavy atom. The molecule has 2 fully saturated rings. The third-order valence-electron chi connectivity index (χ3n) is 10.9. The van der Waals surface area contributed by atoms with E-state index in [0.717, 1.165) is 20.8 Å². The minimum absolute atomic E-state index is 0.00534. The molecule has 21 heteroatoms. The van der Waals surface area contributed by atoms with Crippen molar-refractivity contribution < 1.29 is 50.2 Å². The molecule has 4 aromatic carbocycles. The average molecular weight is 945 g/mol. The third-order valence-corrected chi connectivity index (χ3v) is 14.5. The summed E-state index contributed by atoms with van der Waals surface area (Å²) in [5.74, 6) is -0.277. The summed E-state index contributed by atoms with van der Waals surface area (Å²) in [6.45, 7) is 4.80. The van der Waals surface area contributed by atoms with Gasteiger partial charge in [0, 0.05) is 45.2 Å². The van der Waals surface area contributed by atoms with E-state index in [-0.39, 0.29) is 75.6 Å². The van der Waals surface area contributed by atoms with Crippen LogP contribution in [-0.2, 0) is 54.0 Å². The molecule has 1 N–H and O–H groups in total. The van der Waals surface area contributed by atoms with Gasteiger partial charge >= 0.3 is 6.09 Å². The average Bonchev–Trinajstić information content (AvgIpc) is 3.96. The van der Waals surface area contributed by atoms with Crippen LogP contribution >= 0.6 is 0 Å². The van der Waals surface area contributed by atoms with Gasteiger partial charge in [-0.05, 0) is 104 Å². The zero-order valence-corrected chi connectivity index (χ0v) is 39.1. The lowest BCUT2D eigenvalue weighted by Gasteiger charge is -2.30. The maximum absolute atomic E-state index is 15.9. The van der Waals surface area contributed by atoms with Crippen LogP contribution in [0.5, 0.6) is 17.2 Å². The standard InChI is InChI=1S/C45H52N8O11S2/c1-45(2,3)64-44(56)50-25-23-33(29-50)48-65(57,58)39-22-21-37(52-24-7-8-38(54)43(52)55)40(42-46-49-53(47-42)28-32-13-19-36(63-6)20-14-32)41(39)66(59,60)51(26-30-9-15-34(61-4)16-10-30)27-31-11-17-35(62-5)18-12-31/h9-22,33,48H,7-8,23-29H2,1-6H3. The summed E-state index contributed by atoms with van der Waals surface area (Å²) in [4.78, 5) is 42.0. The number of hydrogen-bond acceptors (Lipinski definition) is 14. The molecule has 2 aliphatic rings. The molecule has 350 valence electrons. The fourth-order valence-corrected chi connectivity index (χ4v) is 11.3. The molecule has 66 heavy (non-hydrogen) atoms. The molecular weight excluding hydrogens is 893 g/mol. The zero-order chi connectivity index (χ0) is 47.4. The molecule has 1 atom stereocenters. The van der Waals surface area contributed by atoms with Crippen molar-refractivity contribution in [1.82, 2.24) is 34.1 Å². The number of amides is 2. The Balaban J connectivity index is 1.43. The number of likely N-dealkylation sites (tertiary alicyclic amines) is 1. The number of nitrogens with zero attached hydrogens (tertiary/aromatic N) is 7. The SMILES string of the molecule is COc1ccc(CN(Cc2ccc(OC)cc2)S(=O)(=O)c2c(S(=O)(=O)NC3CCN(C(=O)OC(C)(C)C)C3)ccc(N3CCCC(=O)C3=O)c2-c2nnn(Cc3ccc(OC)cc3)n2)cc1. The Morgan fingerprint density at radius 3 is 1.89 bits per heavy atom. The Labute approximate surface area is 383 Å². The number of Topliss-reactive ketones (excluding diaryl/α,β-unsaturated/α-hetero) is 1. The van der Waals surface area contributed by atoms with Crippen molar-refractivity contribution in [1.29, 1.82) is 0 Å². The largest absolute Gasteiger partial charge is 0.497 e. The van der Waals surface area contributed by atoms with Gasteiger partial charge in [-0.2, -0.15) is 9.10 Å². The van der Waals surface area contributed by atoms with Gasteiger partial charge in [0.1, 0.15) is 32.6 Å². The monoisotopic (exact) mass is 944 g/mol. The molecule has 3 heterocycles. The van der Waals surface area contributed by atoms with Crippen LogP contribution in [0.3, 0.4) is 0 Å². The van der Waals surface area contributed by atoms with Crippen LogP contribution in [0.1, 0.15) is 56.7 Å². The number of carbonyl (C=O) groups is 3. The molecule has 1 unspecified atom stereocenters. The van der Waals surface area contributed by atoms with E-state index in [9.17, 15) is 22.8 Å². The summed E-state index contributed by atoms with van der Waals surface area (Å²) in [5, 5.41) is 13.1. The van der Waals surface area contributed by atoms with Crippen LogP contribution < -0.4 is 23.8 Å². The van der Waals surface area contributed by atoms with Crippen molar-refractivity contribution in [2.75, 3.05) is 45.9 Å². The second-order valence-electron chi connectivity index (χ2n) is 16.8. The molecule has 2 aliphatic heterocycles. The van der Waals surface area contributed by atoms with Gasteiger partial charge in [0.05, 0.1) is 39.1 Å². The number of ketones is 1. The molecule has 0 bridgehead atoms. The highest BCUT2D eigenvalue weighted by molar-refractivity contribution is 7.92. The number of piperidine rings is 1. The van der Waals surface area contributed by atoms with E-state index in [1.54, 1.807) is 93.6 Å².